The quantitative estimate of drug-likeness (QED) is 0.131. The number of nitro benzene ring substituents is 1. The van der Waals surface area contributed by atoms with Gasteiger partial charge in [0.1, 0.15) is 23.1 Å². The van der Waals surface area contributed by atoms with E-state index in [1.54, 1.807) is 31.2 Å². The molecule has 5 aromatic rings. The molecule has 1 atom stereocenters. The first-order chi connectivity index (χ1) is 21.8. The van der Waals surface area contributed by atoms with E-state index >= 15 is 0 Å². The first kappa shape index (κ1) is 29.5. The molecule has 0 saturated heterocycles. The number of carbonyl (C=O) groups excluding carboxylic acids is 1. The Labute approximate surface area is 258 Å². The summed E-state index contributed by atoms with van der Waals surface area (Å²) in [6.45, 7) is 1.78. The average molecular weight is 626 g/mol. The number of esters is 1. The maximum Gasteiger partial charge on any atom is 0.338 e. The van der Waals surface area contributed by atoms with Gasteiger partial charge >= 0.3 is 5.97 Å². The number of non-ortho nitro benzene ring substituents is 1. The normalized spacial score (nSPS) is 14.6. The molecule has 3 heterocycles. The van der Waals surface area contributed by atoms with Gasteiger partial charge in [0.2, 0.25) is 0 Å². The van der Waals surface area contributed by atoms with E-state index in [1.165, 1.54) is 60.2 Å². The van der Waals surface area contributed by atoms with Crippen molar-refractivity contribution in [3.63, 3.8) is 0 Å². The highest BCUT2D eigenvalue weighted by atomic mass is 32.1. The molecule has 0 bridgehead atoms. The highest BCUT2D eigenvalue weighted by Crippen LogP contribution is 2.36. The van der Waals surface area contributed by atoms with Crippen LogP contribution in [0.4, 0.5) is 10.1 Å². The summed E-state index contributed by atoms with van der Waals surface area (Å²) in [6.07, 6.45) is 1.54. The molecule has 0 fully saturated rings. The van der Waals surface area contributed by atoms with Crippen molar-refractivity contribution < 1.29 is 28.0 Å². The van der Waals surface area contributed by atoms with Crippen molar-refractivity contribution in [2.75, 3.05) is 13.7 Å². The van der Waals surface area contributed by atoms with Crippen molar-refractivity contribution in [3.8, 4) is 17.1 Å². The number of fused-ring (bicyclic) bond motifs is 1. The number of ether oxygens (including phenoxy) is 2. The molecule has 0 radical (unpaired) electrons. The summed E-state index contributed by atoms with van der Waals surface area (Å²) in [5, 5.41) is 11.4. The third-order valence-corrected chi connectivity index (χ3v) is 8.10. The molecular formula is C33H24FN3O7S. The Morgan fingerprint density at radius 1 is 1.11 bits per heavy atom. The Kier molecular flexibility index (Phi) is 7.97. The molecule has 0 N–H and O–H groups in total. The molecule has 1 aliphatic rings. The van der Waals surface area contributed by atoms with Gasteiger partial charge in [0, 0.05) is 23.8 Å². The molecule has 0 unspecified atom stereocenters. The molecule has 0 aliphatic carbocycles. The number of rotatable bonds is 8. The fourth-order valence-electron chi connectivity index (χ4n) is 5.11. The van der Waals surface area contributed by atoms with Gasteiger partial charge in [-0.05, 0) is 42.8 Å². The van der Waals surface area contributed by atoms with Crippen LogP contribution < -0.4 is 19.6 Å². The van der Waals surface area contributed by atoms with Crippen LogP contribution in [-0.2, 0) is 9.53 Å². The van der Waals surface area contributed by atoms with Gasteiger partial charge in [-0.25, -0.2) is 14.2 Å². The summed E-state index contributed by atoms with van der Waals surface area (Å²) >= 11 is 1.10. The van der Waals surface area contributed by atoms with Gasteiger partial charge < -0.3 is 13.9 Å². The van der Waals surface area contributed by atoms with Crippen LogP contribution in [0, 0.1) is 15.9 Å². The first-order valence-electron chi connectivity index (χ1n) is 13.8. The van der Waals surface area contributed by atoms with Crippen LogP contribution in [0.2, 0.25) is 0 Å². The monoisotopic (exact) mass is 625 g/mol. The van der Waals surface area contributed by atoms with Gasteiger partial charge in [0.15, 0.2) is 4.80 Å². The maximum atomic E-state index is 14.0. The molecule has 12 heteroatoms. The second-order valence-electron chi connectivity index (χ2n) is 9.83. The molecule has 0 spiro atoms. The van der Waals surface area contributed by atoms with Crippen LogP contribution in [0.15, 0.2) is 105 Å². The number of aromatic nitrogens is 1. The second-order valence-corrected chi connectivity index (χ2v) is 10.8. The number of benzene rings is 3. The number of nitrogens with zero attached hydrogens (tertiary/aromatic N) is 3. The minimum absolute atomic E-state index is 0.0984. The SMILES string of the molecule is CCOC(=O)C1=C(c2ccccc2)N=c2s/c(=C\c3ccc(-c4cc([N+](=O)[O-])ccc4OC)o3)c(=O)n2[C@H]1c1ccc(F)cc1. The first-order valence-corrected chi connectivity index (χ1v) is 14.6. The summed E-state index contributed by atoms with van der Waals surface area (Å²) in [4.78, 5) is 43.5. The predicted octanol–water partition coefficient (Wildman–Crippen LogP) is 5.25. The minimum atomic E-state index is -0.959. The number of methoxy groups -OCH3 is 1. The van der Waals surface area contributed by atoms with Gasteiger partial charge in [-0.15, -0.1) is 0 Å². The molecule has 226 valence electrons. The zero-order valence-corrected chi connectivity index (χ0v) is 24.7. The lowest BCUT2D eigenvalue weighted by Crippen LogP contribution is -2.40. The van der Waals surface area contributed by atoms with Crippen LogP contribution in [-0.4, -0.2) is 29.2 Å². The summed E-state index contributed by atoms with van der Waals surface area (Å²) in [7, 11) is 1.45. The average Bonchev–Trinajstić information content (AvgIpc) is 3.64. The van der Waals surface area contributed by atoms with Crippen molar-refractivity contribution in [2.24, 2.45) is 4.99 Å². The van der Waals surface area contributed by atoms with Crippen molar-refractivity contribution in [2.45, 2.75) is 13.0 Å². The van der Waals surface area contributed by atoms with Crippen LogP contribution in [0.25, 0.3) is 23.1 Å². The zero-order valence-electron chi connectivity index (χ0n) is 23.9. The third kappa shape index (κ3) is 5.58. The van der Waals surface area contributed by atoms with Crippen LogP contribution in [0.3, 0.4) is 0 Å². The number of nitro groups is 1. The second kappa shape index (κ2) is 12.2. The van der Waals surface area contributed by atoms with E-state index < -0.39 is 28.3 Å². The van der Waals surface area contributed by atoms with Gasteiger partial charge in [0.05, 0.1) is 46.0 Å². The van der Waals surface area contributed by atoms with Crippen LogP contribution >= 0.6 is 11.3 Å². The Morgan fingerprint density at radius 2 is 1.87 bits per heavy atom. The van der Waals surface area contributed by atoms with E-state index in [2.05, 4.69) is 0 Å². The van der Waals surface area contributed by atoms with Crippen molar-refractivity contribution >= 4 is 34.8 Å². The number of hydrogen-bond acceptors (Lipinski definition) is 9. The molecule has 10 nitrogen and oxygen atoms in total. The highest BCUT2D eigenvalue weighted by molar-refractivity contribution is 7.07. The van der Waals surface area contributed by atoms with Crippen molar-refractivity contribution in [1.29, 1.82) is 0 Å². The molecular weight excluding hydrogens is 601 g/mol. The van der Waals surface area contributed by atoms with E-state index in [0.717, 1.165) is 11.3 Å². The number of thiazole rings is 1. The summed E-state index contributed by atoms with van der Waals surface area (Å²) in [5.41, 5.74) is 1.41. The lowest BCUT2D eigenvalue weighted by Gasteiger charge is -2.25. The summed E-state index contributed by atoms with van der Waals surface area (Å²) in [6, 6.07) is 21.1. The maximum absolute atomic E-state index is 14.0. The summed E-state index contributed by atoms with van der Waals surface area (Å²) < 4.78 is 32.4. The van der Waals surface area contributed by atoms with E-state index in [0.29, 0.717) is 44.5 Å². The van der Waals surface area contributed by atoms with Gasteiger partial charge in [-0.2, -0.15) is 0 Å². The molecule has 3 aromatic carbocycles. The van der Waals surface area contributed by atoms with Gasteiger partial charge in [-0.3, -0.25) is 19.5 Å². The van der Waals surface area contributed by atoms with Gasteiger partial charge in [-0.1, -0.05) is 53.8 Å². The number of hydrogen-bond donors (Lipinski definition) is 0. The standard InChI is InChI=1S/C33H24FN3O7S/c1-3-43-32(39)28-29(19-7-5-4-6-8-19)35-33-36(30(28)20-9-11-21(34)12-10-20)31(38)27(45-33)18-23-14-16-26(44-23)24-17-22(37(40)41)13-15-25(24)42-2/h4-18,30H,3H2,1-2H3/b27-18-/t30-/m0/s1. The van der Waals surface area contributed by atoms with Crippen molar-refractivity contribution in [3.05, 3.63) is 143 Å². The topological polar surface area (TPSA) is 126 Å². The molecule has 2 aromatic heterocycles. The lowest BCUT2D eigenvalue weighted by molar-refractivity contribution is -0.384. The summed E-state index contributed by atoms with van der Waals surface area (Å²) in [5.74, 6) is -0.139. The van der Waals surface area contributed by atoms with E-state index in [4.69, 9.17) is 18.9 Å². The number of halogens is 1. The Bertz CT molecular complexity index is 2150. The largest absolute Gasteiger partial charge is 0.496 e. The minimum Gasteiger partial charge on any atom is -0.496 e. The fraction of sp³-hybridized carbons (Fsp3) is 0.121. The Morgan fingerprint density at radius 3 is 2.56 bits per heavy atom. The van der Waals surface area contributed by atoms with E-state index in [-0.39, 0.29) is 22.4 Å². The lowest BCUT2D eigenvalue weighted by atomic mass is 9.93. The highest BCUT2D eigenvalue weighted by Gasteiger charge is 2.35. The van der Waals surface area contributed by atoms with Crippen LogP contribution in [0.5, 0.6) is 5.75 Å². The molecule has 45 heavy (non-hydrogen) atoms. The smallest absolute Gasteiger partial charge is 0.338 e. The zero-order chi connectivity index (χ0) is 31.7. The Balaban J connectivity index is 1.54. The van der Waals surface area contributed by atoms with Crippen LogP contribution in [0.1, 0.15) is 29.9 Å². The number of furan rings is 1. The number of carbonyl (C=O) groups is 1. The van der Waals surface area contributed by atoms with E-state index in [9.17, 15) is 24.1 Å². The molecule has 0 saturated carbocycles. The predicted molar refractivity (Wildman–Crippen MR) is 165 cm³/mol. The Hall–Kier alpha value is -5.62. The van der Waals surface area contributed by atoms with Crippen molar-refractivity contribution in [1.82, 2.24) is 4.57 Å². The third-order valence-electron chi connectivity index (χ3n) is 7.12. The van der Waals surface area contributed by atoms with Gasteiger partial charge in [0.25, 0.3) is 11.2 Å². The fourth-order valence-corrected chi connectivity index (χ4v) is 6.09. The molecule has 0 amide bonds. The molecule has 6 rings (SSSR count). The van der Waals surface area contributed by atoms with E-state index in [1.807, 2.05) is 18.2 Å². The molecule has 1 aliphatic heterocycles.